The molecule has 1 aromatic rings. The van der Waals surface area contributed by atoms with E-state index in [0.29, 0.717) is 25.2 Å². The van der Waals surface area contributed by atoms with E-state index in [1.165, 1.54) is 5.56 Å². The molecule has 2 rings (SSSR count). The third-order valence-corrected chi connectivity index (χ3v) is 4.12. The molecular weight excluding hydrogens is 280 g/mol. The smallest absolute Gasteiger partial charge is 0.306 e. The molecule has 1 aliphatic carbocycles. The highest BCUT2D eigenvalue weighted by molar-refractivity contribution is 5.86. The van der Waals surface area contributed by atoms with Gasteiger partial charge in [0.15, 0.2) is 11.9 Å². The highest BCUT2D eigenvalue weighted by Crippen LogP contribution is 2.28. The van der Waals surface area contributed by atoms with Gasteiger partial charge in [0.2, 0.25) is 0 Å². The number of ether oxygens (including phenoxy) is 2. The lowest BCUT2D eigenvalue weighted by Crippen LogP contribution is -2.34. The topological polar surface area (TPSA) is 52.6 Å². The number of hydrogen-bond acceptors (Lipinski definition) is 4. The van der Waals surface area contributed by atoms with E-state index in [0.717, 1.165) is 25.0 Å². The SMILES string of the molecule is CCCC(=O)OC1CC(Cc2ccc(OC)cc2)CCC1=O. The molecule has 22 heavy (non-hydrogen) atoms. The van der Waals surface area contributed by atoms with Crippen molar-refractivity contribution in [3.63, 3.8) is 0 Å². The van der Waals surface area contributed by atoms with E-state index >= 15 is 0 Å². The van der Waals surface area contributed by atoms with Gasteiger partial charge >= 0.3 is 5.97 Å². The summed E-state index contributed by atoms with van der Waals surface area (Å²) in [7, 11) is 1.65. The summed E-state index contributed by atoms with van der Waals surface area (Å²) in [5.41, 5.74) is 1.22. The molecule has 0 N–H and O–H groups in total. The second-order valence-electron chi connectivity index (χ2n) is 5.89. The van der Waals surface area contributed by atoms with Gasteiger partial charge in [0, 0.05) is 12.8 Å². The molecule has 0 amide bonds. The molecule has 2 unspecified atom stereocenters. The molecular formula is C18H24O4. The summed E-state index contributed by atoms with van der Waals surface area (Å²) < 4.78 is 10.5. The molecule has 1 aliphatic rings. The van der Waals surface area contributed by atoms with E-state index in [4.69, 9.17) is 9.47 Å². The molecule has 0 spiro atoms. The number of carbonyl (C=O) groups excluding carboxylic acids is 2. The van der Waals surface area contributed by atoms with E-state index in [1.54, 1.807) is 7.11 Å². The summed E-state index contributed by atoms with van der Waals surface area (Å²) in [5.74, 6) is 1.03. The van der Waals surface area contributed by atoms with Crippen molar-refractivity contribution >= 4 is 11.8 Å². The van der Waals surface area contributed by atoms with Crippen LogP contribution in [0.4, 0.5) is 0 Å². The Kier molecular flexibility index (Phi) is 5.99. The number of hydrogen-bond donors (Lipinski definition) is 0. The van der Waals surface area contributed by atoms with Gasteiger partial charge in [0.05, 0.1) is 7.11 Å². The molecule has 4 nitrogen and oxygen atoms in total. The van der Waals surface area contributed by atoms with Gasteiger partial charge in [-0.25, -0.2) is 0 Å². The van der Waals surface area contributed by atoms with Crippen LogP contribution in [0.5, 0.6) is 5.75 Å². The average Bonchev–Trinajstić information content (AvgIpc) is 2.51. The first-order chi connectivity index (χ1) is 10.6. The van der Waals surface area contributed by atoms with E-state index in [1.807, 2.05) is 31.2 Å². The van der Waals surface area contributed by atoms with Crippen molar-refractivity contribution in [2.75, 3.05) is 7.11 Å². The van der Waals surface area contributed by atoms with Crippen LogP contribution >= 0.6 is 0 Å². The molecule has 1 aromatic carbocycles. The Hall–Kier alpha value is -1.84. The molecule has 0 aromatic heterocycles. The van der Waals surface area contributed by atoms with E-state index in [-0.39, 0.29) is 11.8 Å². The fourth-order valence-corrected chi connectivity index (χ4v) is 2.88. The fourth-order valence-electron chi connectivity index (χ4n) is 2.88. The summed E-state index contributed by atoms with van der Waals surface area (Å²) in [6, 6.07) is 7.99. The first kappa shape index (κ1) is 16.5. The Balaban J connectivity index is 1.91. The van der Waals surface area contributed by atoms with Crippen LogP contribution in [0.3, 0.4) is 0 Å². The summed E-state index contributed by atoms with van der Waals surface area (Å²) in [6.07, 6.45) is 3.50. The van der Waals surface area contributed by atoms with Gasteiger partial charge in [0.25, 0.3) is 0 Å². The zero-order valence-corrected chi connectivity index (χ0v) is 13.3. The fraction of sp³-hybridized carbons (Fsp3) is 0.556. The van der Waals surface area contributed by atoms with Crippen LogP contribution in [0.15, 0.2) is 24.3 Å². The van der Waals surface area contributed by atoms with Crippen molar-refractivity contribution in [3.8, 4) is 5.75 Å². The van der Waals surface area contributed by atoms with Crippen LogP contribution in [-0.2, 0) is 20.7 Å². The van der Waals surface area contributed by atoms with Gasteiger partial charge in [-0.15, -0.1) is 0 Å². The van der Waals surface area contributed by atoms with Crippen molar-refractivity contribution in [3.05, 3.63) is 29.8 Å². The second-order valence-corrected chi connectivity index (χ2v) is 5.89. The summed E-state index contributed by atoms with van der Waals surface area (Å²) >= 11 is 0. The minimum Gasteiger partial charge on any atom is -0.497 e. The lowest BCUT2D eigenvalue weighted by Gasteiger charge is -2.28. The zero-order valence-electron chi connectivity index (χ0n) is 13.3. The maximum absolute atomic E-state index is 11.9. The number of Topliss-reactive ketones (excluding diaryl/α,β-unsaturated/α-hetero) is 1. The zero-order chi connectivity index (χ0) is 15.9. The van der Waals surface area contributed by atoms with Crippen LogP contribution in [0.1, 0.15) is 44.6 Å². The lowest BCUT2D eigenvalue weighted by molar-refractivity contribution is -0.157. The minimum absolute atomic E-state index is 0.0652. The quantitative estimate of drug-likeness (QED) is 0.757. The van der Waals surface area contributed by atoms with Crippen LogP contribution in [-0.4, -0.2) is 25.0 Å². The maximum atomic E-state index is 11.9. The van der Waals surface area contributed by atoms with Crippen molar-refractivity contribution in [2.24, 2.45) is 5.92 Å². The first-order valence-corrected chi connectivity index (χ1v) is 7.97. The summed E-state index contributed by atoms with van der Waals surface area (Å²) in [4.78, 5) is 23.5. The van der Waals surface area contributed by atoms with Gasteiger partial charge in [-0.1, -0.05) is 19.1 Å². The second kappa shape index (κ2) is 7.97. The summed E-state index contributed by atoms with van der Waals surface area (Å²) in [6.45, 7) is 1.93. The molecule has 4 heteroatoms. The van der Waals surface area contributed by atoms with Crippen LogP contribution < -0.4 is 4.74 Å². The van der Waals surface area contributed by atoms with Crippen molar-refractivity contribution in [2.45, 2.75) is 51.6 Å². The molecule has 0 aliphatic heterocycles. The number of ketones is 1. The van der Waals surface area contributed by atoms with Crippen molar-refractivity contribution in [1.29, 1.82) is 0 Å². The highest BCUT2D eigenvalue weighted by Gasteiger charge is 2.31. The molecule has 0 saturated heterocycles. The van der Waals surface area contributed by atoms with E-state index < -0.39 is 6.10 Å². The van der Waals surface area contributed by atoms with Gasteiger partial charge in [-0.3, -0.25) is 9.59 Å². The predicted molar refractivity (Wildman–Crippen MR) is 83.8 cm³/mol. The molecule has 0 bridgehead atoms. The van der Waals surface area contributed by atoms with Gasteiger partial charge in [0.1, 0.15) is 5.75 Å². The van der Waals surface area contributed by atoms with Crippen LogP contribution in [0, 0.1) is 5.92 Å². The molecule has 0 radical (unpaired) electrons. The standard InChI is InChI=1S/C18H24O4/c1-3-4-18(20)22-17-12-14(7-10-16(17)19)11-13-5-8-15(21-2)9-6-13/h5-6,8-9,14,17H,3-4,7,10-12H2,1-2H3. The van der Waals surface area contributed by atoms with Crippen molar-refractivity contribution < 1.29 is 19.1 Å². The highest BCUT2D eigenvalue weighted by atomic mass is 16.5. The number of rotatable bonds is 6. The minimum atomic E-state index is -0.545. The predicted octanol–water partition coefficient (Wildman–Crippen LogP) is 3.32. The van der Waals surface area contributed by atoms with Crippen LogP contribution in [0.25, 0.3) is 0 Å². The average molecular weight is 304 g/mol. The Morgan fingerprint density at radius 1 is 1.27 bits per heavy atom. The molecule has 120 valence electrons. The first-order valence-electron chi connectivity index (χ1n) is 7.97. The number of carbonyl (C=O) groups is 2. The molecule has 2 atom stereocenters. The third kappa shape index (κ3) is 4.58. The number of esters is 1. The van der Waals surface area contributed by atoms with Gasteiger partial charge in [-0.2, -0.15) is 0 Å². The molecule has 1 saturated carbocycles. The Morgan fingerprint density at radius 3 is 2.64 bits per heavy atom. The normalized spacial score (nSPS) is 21.5. The van der Waals surface area contributed by atoms with Crippen LogP contribution in [0.2, 0.25) is 0 Å². The van der Waals surface area contributed by atoms with Crippen molar-refractivity contribution in [1.82, 2.24) is 0 Å². The van der Waals surface area contributed by atoms with Gasteiger partial charge in [-0.05, 0) is 49.3 Å². The lowest BCUT2D eigenvalue weighted by atomic mass is 9.82. The molecule has 0 heterocycles. The largest absolute Gasteiger partial charge is 0.497 e. The summed E-state index contributed by atoms with van der Waals surface area (Å²) in [5, 5.41) is 0. The maximum Gasteiger partial charge on any atom is 0.306 e. The monoisotopic (exact) mass is 304 g/mol. The van der Waals surface area contributed by atoms with Gasteiger partial charge < -0.3 is 9.47 Å². The van der Waals surface area contributed by atoms with E-state index in [9.17, 15) is 9.59 Å². The number of benzene rings is 1. The number of methoxy groups -OCH3 is 1. The Morgan fingerprint density at radius 2 is 2.00 bits per heavy atom. The Bertz CT molecular complexity index is 506. The van der Waals surface area contributed by atoms with E-state index in [2.05, 4.69) is 0 Å². The third-order valence-electron chi connectivity index (χ3n) is 4.12. The molecule has 1 fully saturated rings. The Labute approximate surface area is 131 Å².